The van der Waals surface area contributed by atoms with E-state index in [-0.39, 0.29) is 5.91 Å². The van der Waals surface area contributed by atoms with Gasteiger partial charge < -0.3 is 34.8 Å². The van der Waals surface area contributed by atoms with Crippen LogP contribution in [-0.4, -0.2) is 69.2 Å². The zero-order chi connectivity index (χ0) is 28.1. The zero-order valence-electron chi connectivity index (χ0n) is 23.6. The fourth-order valence-electron chi connectivity index (χ4n) is 5.05. The smallest absolute Gasteiger partial charge is 0.247 e. The molecule has 1 aromatic heterocycles. The summed E-state index contributed by atoms with van der Waals surface area (Å²) in [6, 6.07) is 15.9. The van der Waals surface area contributed by atoms with Crippen molar-refractivity contribution in [3.8, 4) is 17.4 Å². The molecular weight excluding hydrogens is 504 g/mol. The van der Waals surface area contributed by atoms with Crippen LogP contribution in [0.5, 0.6) is 17.4 Å². The number of carbonyl (C=O) groups excluding carboxylic acids is 1. The molecule has 2 aromatic carbocycles. The molecule has 2 saturated heterocycles. The molecule has 0 spiro atoms. The Kier molecular flexibility index (Phi) is 8.40. The second kappa shape index (κ2) is 12.3. The highest BCUT2D eigenvalue weighted by molar-refractivity contribution is 5.99. The predicted octanol–water partition coefficient (Wildman–Crippen LogP) is 5.41. The van der Waals surface area contributed by atoms with Gasteiger partial charge in [0.15, 0.2) is 0 Å². The number of aryl methyl sites for hydroxylation is 1. The Labute approximate surface area is 236 Å². The number of aromatic nitrogens is 1. The highest BCUT2D eigenvalue weighted by atomic mass is 16.5. The summed E-state index contributed by atoms with van der Waals surface area (Å²) in [4.78, 5) is 23.8. The van der Waals surface area contributed by atoms with Crippen LogP contribution in [0.2, 0.25) is 0 Å². The summed E-state index contributed by atoms with van der Waals surface area (Å²) >= 11 is 0. The van der Waals surface area contributed by atoms with Crippen LogP contribution in [0, 0.1) is 6.92 Å². The van der Waals surface area contributed by atoms with E-state index in [9.17, 15) is 4.79 Å². The maximum Gasteiger partial charge on any atom is 0.247 e. The van der Waals surface area contributed by atoms with Crippen molar-refractivity contribution in [2.45, 2.75) is 19.8 Å². The molecule has 210 valence electrons. The third-order valence-corrected chi connectivity index (χ3v) is 7.47. The number of amides is 1. The molecule has 0 unspecified atom stereocenters. The first-order chi connectivity index (χ1) is 19.4. The number of nitrogens with one attached hydrogen (secondary N) is 2. The number of nitrogens with zero attached hydrogens (tertiary/aromatic N) is 4. The van der Waals surface area contributed by atoms with Crippen molar-refractivity contribution in [3.05, 3.63) is 66.7 Å². The van der Waals surface area contributed by atoms with E-state index in [4.69, 9.17) is 14.5 Å². The zero-order valence-corrected chi connectivity index (χ0v) is 23.6. The van der Waals surface area contributed by atoms with E-state index in [2.05, 4.69) is 57.2 Å². The van der Waals surface area contributed by atoms with Gasteiger partial charge in [-0.1, -0.05) is 12.6 Å². The molecule has 2 aliphatic heterocycles. The molecule has 0 radical (unpaired) electrons. The SMILES string of the molecule is C=CC(=O)Nc1cc(Oc2nc(Nc3ccc(N4CCN(C)CC4)cc3OC)ccc2N2CCCC2)ccc1C. The topological polar surface area (TPSA) is 82.2 Å². The largest absolute Gasteiger partial charge is 0.494 e. The number of anilines is 5. The Hall–Kier alpha value is -4.24. The molecule has 9 nitrogen and oxygen atoms in total. The summed E-state index contributed by atoms with van der Waals surface area (Å²) in [5.41, 5.74) is 4.52. The minimum absolute atomic E-state index is 0.269. The van der Waals surface area contributed by atoms with Gasteiger partial charge in [0.25, 0.3) is 0 Å². The van der Waals surface area contributed by atoms with Crippen LogP contribution in [0.4, 0.5) is 28.6 Å². The van der Waals surface area contributed by atoms with Crippen LogP contribution < -0.4 is 29.9 Å². The van der Waals surface area contributed by atoms with Crippen molar-refractivity contribution in [3.63, 3.8) is 0 Å². The van der Waals surface area contributed by atoms with E-state index in [1.54, 1.807) is 7.11 Å². The van der Waals surface area contributed by atoms with E-state index in [0.29, 0.717) is 23.1 Å². The van der Waals surface area contributed by atoms with E-state index >= 15 is 0 Å². The van der Waals surface area contributed by atoms with Gasteiger partial charge in [-0.2, -0.15) is 4.98 Å². The van der Waals surface area contributed by atoms with Crippen molar-refractivity contribution < 1.29 is 14.3 Å². The second-order valence-electron chi connectivity index (χ2n) is 10.3. The van der Waals surface area contributed by atoms with Crippen molar-refractivity contribution in [1.29, 1.82) is 0 Å². The van der Waals surface area contributed by atoms with Gasteiger partial charge in [-0.05, 0) is 68.8 Å². The summed E-state index contributed by atoms with van der Waals surface area (Å²) < 4.78 is 12.1. The summed E-state index contributed by atoms with van der Waals surface area (Å²) in [7, 11) is 3.84. The molecule has 0 aliphatic carbocycles. The lowest BCUT2D eigenvalue weighted by atomic mass is 10.2. The summed E-state index contributed by atoms with van der Waals surface area (Å²) in [5, 5.41) is 6.27. The quantitative estimate of drug-likeness (QED) is 0.348. The molecule has 5 rings (SSSR count). The Morgan fingerprint density at radius 2 is 1.73 bits per heavy atom. The van der Waals surface area contributed by atoms with Gasteiger partial charge in [-0.3, -0.25) is 4.79 Å². The first-order valence-electron chi connectivity index (χ1n) is 13.8. The Balaban J connectivity index is 1.41. The van der Waals surface area contributed by atoms with Crippen LogP contribution in [-0.2, 0) is 4.79 Å². The number of hydrogen-bond donors (Lipinski definition) is 2. The highest BCUT2D eigenvalue weighted by Gasteiger charge is 2.20. The Morgan fingerprint density at radius 1 is 0.950 bits per heavy atom. The molecule has 1 amide bonds. The predicted molar refractivity (Wildman–Crippen MR) is 162 cm³/mol. The number of benzene rings is 2. The van der Waals surface area contributed by atoms with Gasteiger partial charge in [0, 0.05) is 62.8 Å². The molecule has 0 bridgehead atoms. The van der Waals surface area contributed by atoms with E-state index in [1.807, 2.05) is 37.3 Å². The van der Waals surface area contributed by atoms with Crippen molar-refractivity contribution in [2.24, 2.45) is 0 Å². The van der Waals surface area contributed by atoms with Gasteiger partial charge in [0.2, 0.25) is 11.8 Å². The average molecular weight is 543 g/mol. The lowest BCUT2D eigenvalue weighted by molar-refractivity contribution is -0.111. The van der Waals surface area contributed by atoms with Gasteiger partial charge in [0.05, 0.1) is 12.8 Å². The van der Waals surface area contributed by atoms with Crippen LogP contribution in [0.15, 0.2) is 61.2 Å². The Bertz CT molecular complexity index is 1360. The van der Waals surface area contributed by atoms with Crippen LogP contribution in [0.1, 0.15) is 18.4 Å². The first kappa shape index (κ1) is 27.3. The molecular formula is C31H38N6O3. The van der Waals surface area contributed by atoms with Gasteiger partial charge >= 0.3 is 0 Å². The van der Waals surface area contributed by atoms with E-state index < -0.39 is 0 Å². The molecule has 2 aliphatic rings. The van der Waals surface area contributed by atoms with Crippen LogP contribution in [0.3, 0.4) is 0 Å². The standard InChI is InChI=1S/C31H38N6O3/c1-5-30(38)33-26-21-24(10-8-22(26)2)40-31-27(37-14-6-7-15-37)12-13-29(34-31)32-25-11-9-23(20-28(25)39-4)36-18-16-35(3)17-19-36/h5,8-13,20-21H,1,6-7,14-19H2,2-4H3,(H,32,34)(H,33,38). The maximum absolute atomic E-state index is 11.9. The maximum atomic E-state index is 11.9. The molecule has 40 heavy (non-hydrogen) atoms. The lowest BCUT2D eigenvalue weighted by Gasteiger charge is -2.34. The summed E-state index contributed by atoms with van der Waals surface area (Å²) in [6.45, 7) is 11.5. The second-order valence-corrected chi connectivity index (χ2v) is 10.3. The van der Waals surface area contributed by atoms with Gasteiger partial charge in [0.1, 0.15) is 23.0 Å². The van der Waals surface area contributed by atoms with Crippen molar-refractivity contribution >= 4 is 34.5 Å². The molecule has 3 heterocycles. The highest BCUT2D eigenvalue weighted by Crippen LogP contribution is 2.37. The summed E-state index contributed by atoms with van der Waals surface area (Å²) in [5.74, 6) is 2.23. The lowest BCUT2D eigenvalue weighted by Crippen LogP contribution is -2.44. The minimum atomic E-state index is -0.269. The van der Waals surface area contributed by atoms with Crippen LogP contribution in [0.25, 0.3) is 0 Å². The normalized spacial score (nSPS) is 15.6. The van der Waals surface area contributed by atoms with E-state index in [1.165, 1.54) is 6.08 Å². The number of rotatable bonds is 9. The van der Waals surface area contributed by atoms with Crippen molar-refractivity contribution in [1.82, 2.24) is 9.88 Å². The number of methoxy groups -OCH3 is 1. The number of ether oxygens (including phenoxy) is 2. The third kappa shape index (κ3) is 6.31. The molecule has 0 atom stereocenters. The van der Waals surface area contributed by atoms with Crippen LogP contribution >= 0.6 is 0 Å². The molecule has 3 aromatic rings. The van der Waals surface area contributed by atoms with E-state index in [0.717, 1.165) is 80.5 Å². The molecule has 9 heteroatoms. The number of pyridine rings is 1. The average Bonchev–Trinajstić information content (AvgIpc) is 3.50. The molecule has 0 saturated carbocycles. The molecule has 2 fully saturated rings. The fraction of sp³-hybridized carbons (Fsp3) is 0.355. The fourth-order valence-corrected chi connectivity index (χ4v) is 5.05. The third-order valence-electron chi connectivity index (χ3n) is 7.47. The monoisotopic (exact) mass is 542 g/mol. The minimum Gasteiger partial charge on any atom is -0.494 e. The number of piperazine rings is 1. The Morgan fingerprint density at radius 3 is 2.45 bits per heavy atom. The number of hydrogen-bond acceptors (Lipinski definition) is 8. The van der Waals surface area contributed by atoms with Gasteiger partial charge in [-0.15, -0.1) is 0 Å². The summed E-state index contributed by atoms with van der Waals surface area (Å²) in [6.07, 6.45) is 3.53. The number of carbonyl (C=O) groups is 1. The first-order valence-corrected chi connectivity index (χ1v) is 13.8. The molecule has 2 N–H and O–H groups in total. The number of likely N-dealkylation sites (N-methyl/N-ethyl adjacent to an activating group) is 1. The van der Waals surface area contributed by atoms with Gasteiger partial charge in [-0.25, -0.2) is 0 Å². The van der Waals surface area contributed by atoms with Crippen molar-refractivity contribution in [2.75, 3.05) is 73.9 Å².